The number of thiazole rings is 1. The number of aryl methyl sites for hydroxylation is 1. The van der Waals surface area contributed by atoms with E-state index in [0.29, 0.717) is 6.54 Å². The van der Waals surface area contributed by atoms with Crippen molar-refractivity contribution in [3.8, 4) is 10.6 Å². The molecule has 0 saturated heterocycles. The van der Waals surface area contributed by atoms with E-state index in [1.807, 2.05) is 11.0 Å². The molecule has 0 bridgehead atoms. The Morgan fingerprint density at radius 2 is 2.29 bits per heavy atom. The van der Waals surface area contributed by atoms with E-state index >= 15 is 0 Å². The van der Waals surface area contributed by atoms with Crippen LogP contribution in [0.1, 0.15) is 23.1 Å². The quantitative estimate of drug-likeness (QED) is 0.947. The van der Waals surface area contributed by atoms with E-state index in [9.17, 15) is 4.79 Å². The molecule has 1 aliphatic heterocycles. The number of carbonyl (C=O) groups is 1. The van der Waals surface area contributed by atoms with E-state index in [4.69, 9.17) is 10.1 Å². The third-order valence-corrected chi connectivity index (χ3v) is 5.06. The first-order valence-corrected chi connectivity index (χ1v) is 7.88. The van der Waals surface area contributed by atoms with Crippen molar-refractivity contribution in [2.75, 3.05) is 6.54 Å². The second-order valence-electron chi connectivity index (χ2n) is 5.49. The van der Waals surface area contributed by atoms with Crippen LogP contribution >= 0.6 is 11.3 Å². The summed E-state index contributed by atoms with van der Waals surface area (Å²) in [5, 5.41) is 10.2. The second kappa shape index (κ2) is 5.58. The number of benzene rings is 1. The molecule has 1 aromatic heterocycles. The lowest BCUT2D eigenvalue weighted by Crippen LogP contribution is -2.41. The monoisotopic (exact) mass is 302 g/mol. The molecule has 0 fully saturated rings. The predicted molar refractivity (Wildman–Crippen MR) is 83.5 cm³/mol. The molecule has 1 N–H and O–H groups in total. The summed E-state index contributed by atoms with van der Waals surface area (Å²) >= 11 is 1.68. The third kappa shape index (κ3) is 2.84. The predicted octanol–water partition coefficient (Wildman–Crippen LogP) is 2.95. The van der Waals surface area contributed by atoms with Gasteiger partial charge in [0.15, 0.2) is 0 Å². The lowest BCUT2D eigenvalue weighted by molar-refractivity contribution is -0.142. The summed E-state index contributed by atoms with van der Waals surface area (Å²) in [6, 6.07) is 7.90. The normalized spacial score (nSPS) is 16.5. The van der Waals surface area contributed by atoms with Crippen molar-refractivity contribution in [1.29, 1.82) is 0 Å². The fraction of sp³-hybridized carbons (Fsp3) is 0.375. The van der Waals surface area contributed by atoms with E-state index in [2.05, 4.69) is 25.1 Å². The third-order valence-electron chi connectivity index (χ3n) is 3.93. The van der Waals surface area contributed by atoms with Crippen LogP contribution in [-0.2, 0) is 17.8 Å². The van der Waals surface area contributed by atoms with Gasteiger partial charge in [0.05, 0.1) is 5.69 Å². The number of aromatic nitrogens is 1. The van der Waals surface area contributed by atoms with Crippen LogP contribution in [-0.4, -0.2) is 33.5 Å². The molecule has 0 aliphatic carbocycles. The Balaban J connectivity index is 1.86. The molecule has 0 spiro atoms. The van der Waals surface area contributed by atoms with Gasteiger partial charge in [0.1, 0.15) is 11.0 Å². The zero-order valence-electron chi connectivity index (χ0n) is 12.2. The van der Waals surface area contributed by atoms with E-state index in [-0.39, 0.29) is 0 Å². The van der Waals surface area contributed by atoms with Gasteiger partial charge in [-0.25, -0.2) is 4.98 Å². The Kier molecular flexibility index (Phi) is 3.78. The van der Waals surface area contributed by atoms with E-state index in [1.54, 1.807) is 18.3 Å². The fourth-order valence-electron chi connectivity index (χ4n) is 2.60. The summed E-state index contributed by atoms with van der Waals surface area (Å²) in [5.74, 6) is -0.762. The highest BCUT2D eigenvalue weighted by atomic mass is 32.1. The van der Waals surface area contributed by atoms with Gasteiger partial charge in [0.2, 0.25) is 0 Å². The van der Waals surface area contributed by atoms with Crippen molar-refractivity contribution >= 4 is 17.3 Å². The van der Waals surface area contributed by atoms with Gasteiger partial charge in [-0.1, -0.05) is 23.8 Å². The van der Waals surface area contributed by atoms with Crippen LogP contribution in [0.3, 0.4) is 0 Å². The summed E-state index contributed by atoms with van der Waals surface area (Å²) < 4.78 is 0. The number of carboxylic acid groups (broad SMARTS) is 1. The van der Waals surface area contributed by atoms with E-state index in [1.165, 1.54) is 10.4 Å². The number of hydrogen-bond donors (Lipinski definition) is 1. The van der Waals surface area contributed by atoms with Crippen LogP contribution in [0.5, 0.6) is 0 Å². The van der Waals surface area contributed by atoms with Gasteiger partial charge in [-0.3, -0.25) is 9.69 Å². The number of aliphatic carboxylic acids is 1. The Bertz CT molecular complexity index is 681. The maximum absolute atomic E-state index is 11.1. The molecule has 0 saturated carbocycles. The van der Waals surface area contributed by atoms with Gasteiger partial charge in [-0.05, 0) is 19.9 Å². The summed E-state index contributed by atoms with van der Waals surface area (Å²) in [6.07, 6.45) is 0.829. The molecule has 5 heteroatoms. The molecule has 1 atom stereocenters. The first-order chi connectivity index (χ1) is 10.0. The molecule has 110 valence electrons. The lowest BCUT2D eigenvalue weighted by Gasteiger charge is -2.28. The number of fused-ring (bicyclic) bond motifs is 1. The molecule has 0 amide bonds. The number of carboxylic acids is 1. The van der Waals surface area contributed by atoms with Crippen LogP contribution in [0.25, 0.3) is 10.6 Å². The van der Waals surface area contributed by atoms with Gasteiger partial charge in [0.25, 0.3) is 0 Å². The summed E-state index contributed by atoms with van der Waals surface area (Å²) in [6.45, 7) is 5.27. The lowest BCUT2D eigenvalue weighted by atomic mass is 10.1. The van der Waals surface area contributed by atoms with Crippen LogP contribution < -0.4 is 0 Å². The van der Waals surface area contributed by atoms with Crippen LogP contribution in [0.15, 0.2) is 24.3 Å². The zero-order valence-corrected chi connectivity index (χ0v) is 13.0. The molecule has 0 radical (unpaired) electrons. The molecular weight excluding hydrogens is 284 g/mol. The van der Waals surface area contributed by atoms with E-state index in [0.717, 1.165) is 29.2 Å². The molecule has 2 aromatic rings. The molecule has 1 aliphatic rings. The number of hydrogen-bond acceptors (Lipinski definition) is 4. The smallest absolute Gasteiger partial charge is 0.320 e. The fourth-order valence-corrected chi connectivity index (χ4v) is 3.73. The van der Waals surface area contributed by atoms with Crippen LogP contribution in [0, 0.1) is 6.92 Å². The van der Waals surface area contributed by atoms with Crippen molar-refractivity contribution in [3.63, 3.8) is 0 Å². The Morgan fingerprint density at radius 3 is 3.00 bits per heavy atom. The standard InChI is InChI=1S/C16H18N2O2S/c1-10-4-3-5-12(8-10)15-17-13-6-7-18(9-14(13)21-15)11(2)16(19)20/h3-5,8,11H,6-7,9H2,1-2H3,(H,19,20). The molecule has 1 aromatic carbocycles. The number of rotatable bonds is 3. The van der Waals surface area contributed by atoms with Crippen molar-refractivity contribution in [2.45, 2.75) is 32.9 Å². The summed E-state index contributed by atoms with van der Waals surface area (Å²) in [4.78, 5) is 19.1. The van der Waals surface area contributed by atoms with Crippen molar-refractivity contribution in [3.05, 3.63) is 40.4 Å². The van der Waals surface area contributed by atoms with E-state index < -0.39 is 12.0 Å². The highest BCUT2D eigenvalue weighted by molar-refractivity contribution is 7.15. The maximum atomic E-state index is 11.1. The van der Waals surface area contributed by atoms with Gasteiger partial charge in [-0.2, -0.15) is 0 Å². The summed E-state index contributed by atoms with van der Waals surface area (Å²) in [7, 11) is 0. The highest BCUT2D eigenvalue weighted by Gasteiger charge is 2.27. The second-order valence-corrected chi connectivity index (χ2v) is 6.58. The molecule has 3 rings (SSSR count). The summed E-state index contributed by atoms with van der Waals surface area (Å²) in [5.41, 5.74) is 3.50. The largest absolute Gasteiger partial charge is 0.480 e. The highest BCUT2D eigenvalue weighted by Crippen LogP contribution is 2.32. The molecule has 1 unspecified atom stereocenters. The molecular formula is C16H18N2O2S. The Hall–Kier alpha value is -1.72. The van der Waals surface area contributed by atoms with Gasteiger partial charge < -0.3 is 5.11 Å². The molecule has 4 nitrogen and oxygen atoms in total. The van der Waals surface area contributed by atoms with Crippen molar-refractivity contribution in [2.24, 2.45) is 0 Å². The Morgan fingerprint density at radius 1 is 1.48 bits per heavy atom. The minimum Gasteiger partial charge on any atom is -0.480 e. The van der Waals surface area contributed by atoms with Gasteiger partial charge in [-0.15, -0.1) is 11.3 Å². The number of nitrogens with zero attached hydrogens (tertiary/aromatic N) is 2. The van der Waals surface area contributed by atoms with Crippen molar-refractivity contribution in [1.82, 2.24) is 9.88 Å². The average Bonchev–Trinajstić information content (AvgIpc) is 2.89. The van der Waals surface area contributed by atoms with Crippen LogP contribution in [0.4, 0.5) is 0 Å². The molecule has 21 heavy (non-hydrogen) atoms. The average molecular weight is 302 g/mol. The SMILES string of the molecule is Cc1cccc(-c2nc3c(s2)CN(C(C)C(=O)O)CC3)c1. The van der Waals surface area contributed by atoms with Crippen molar-refractivity contribution < 1.29 is 9.90 Å². The first kappa shape index (κ1) is 14.2. The molecule has 2 heterocycles. The zero-order chi connectivity index (χ0) is 15.0. The Labute approximate surface area is 128 Å². The topological polar surface area (TPSA) is 53.4 Å². The van der Waals surface area contributed by atoms with Crippen LogP contribution in [0.2, 0.25) is 0 Å². The minimum atomic E-state index is -0.762. The minimum absolute atomic E-state index is 0.442. The first-order valence-electron chi connectivity index (χ1n) is 7.07. The van der Waals surface area contributed by atoms with Gasteiger partial charge in [0, 0.05) is 30.0 Å². The maximum Gasteiger partial charge on any atom is 0.320 e. The van der Waals surface area contributed by atoms with Gasteiger partial charge >= 0.3 is 5.97 Å².